The number of alkyl halides is 3. The van der Waals surface area contributed by atoms with Crippen molar-refractivity contribution < 1.29 is 32.6 Å². The monoisotopic (exact) mass is 330 g/mol. The number of anilines is 1. The average molecular weight is 330 g/mol. The van der Waals surface area contributed by atoms with Crippen molar-refractivity contribution in [2.45, 2.75) is 31.5 Å². The minimum Gasteiger partial charge on any atom is -0.550 e. The Morgan fingerprint density at radius 1 is 1.39 bits per heavy atom. The summed E-state index contributed by atoms with van der Waals surface area (Å²) in [5.74, 6) is -3.23. The van der Waals surface area contributed by atoms with E-state index >= 15 is 0 Å². The predicted octanol–water partition coefficient (Wildman–Crippen LogP) is 1.58. The zero-order valence-corrected chi connectivity index (χ0v) is 12.1. The fourth-order valence-corrected chi connectivity index (χ4v) is 2.47. The number of hydrogen-bond acceptors (Lipinski definition) is 4. The highest BCUT2D eigenvalue weighted by molar-refractivity contribution is 5.93. The Balaban J connectivity index is 2.02. The average Bonchev–Trinajstić information content (AvgIpc) is 2.97. The summed E-state index contributed by atoms with van der Waals surface area (Å²) >= 11 is 0. The van der Waals surface area contributed by atoms with Gasteiger partial charge in [-0.3, -0.25) is 4.79 Å². The minimum atomic E-state index is -4.52. The number of aliphatic carboxylic acids is 1. The fraction of sp³-hybridized carbons (Fsp3) is 0.467. The number of carbonyl (C=O) groups is 2. The third kappa shape index (κ3) is 4.69. The van der Waals surface area contributed by atoms with Crippen LogP contribution < -0.4 is 10.4 Å². The van der Waals surface area contributed by atoms with E-state index in [4.69, 9.17) is 4.74 Å². The first-order valence-electron chi connectivity index (χ1n) is 7.07. The summed E-state index contributed by atoms with van der Waals surface area (Å²) < 4.78 is 43.1. The normalized spacial score (nSPS) is 19.3. The van der Waals surface area contributed by atoms with Gasteiger partial charge in [0.1, 0.15) is 0 Å². The summed E-state index contributed by atoms with van der Waals surface area (Å²) in [6, 6.07) is 4.13. The molecule has 1 N–H and O–H groups in total. The fourth-order valence-electron chi connectivity index (χ4n) is 2.47. The third-order valence-electron chi connectivity index (χ3n) is 3.60. The quantitative estimate of drug-likeness (QED) is 0.889. The van der Waals surface area contributed by atoms with Crippen LogP contribution in [0.1, 0.15) is 24.8 Å². The van der Waals surface area contributed by atoms with E-state index in [2.05, 4.69) is 5.32 Å². The number of carboxylic acid groups (broad SMARTS) is 1. The number of carboxylic acids is 1. The highest BCUT2D eigenvalue weighted by atomic mass is 19.4. The summed E-state index contributed by atoms with van der Waals surface area (Å²) in [6.07, 6.45) is -4.33. The van der Waals surface area contributed by atoms with Gasteiger partial charge in [-0.05, 0) is 31.0 Å². The van der Waals surface area contributed by atoms with Crippen LogP contribution in [0.4, 0.5) is 18.9 Å². The lowest BCUT2D eigenvalue weighted by atomic mass is 9.96. The Morgan fingerprint density at radius 2 is 2.13 bits per heavy atom. The van der Waals surface area contributed by atoms with Crippen molar-refractivity contribution in [1.82, 2.24) is 0 Å². The van der Waals surface area contributed by atoms with Crippen LogP contribution >= 0.6 is 0 Å². The van der Waals surface area contributed by atoms with E-state index in [0.29, 0.717) is 19.4 Å². The number of halogens is 3. The Labute approximate surface area is 130 Å². The number of rotatable bonds is 5. The van der Waals surface area contributed by atoms with Crippen molar-refractivity contribution in [2.75, 3.05) is 11.9 Å². The molecule has 5 nitrogen and oxygen atoms in total. The second-order valence-corrected chi connectivity index (χ2v) is 5.31. The van der Waals surface area contributed by atoms with Crippen molar-refractivity contribution in [3.8, 4) is 0 Å². The maximum Gasteiger partial charge on any atom is 0.416 e. The molecule has 126 valence electrons. The molecule has 0 aromatic heterocycles. The molecule has 2 rings (SSSR count). The first-order chi connectivity index (χ1) is 10.8. The minimum absolute atomic E-state index is 0.0470. The lowest BCUT2D eigenvalue weighted by Gasteiger charge is -2.23. The van der Waals surface area contributed by atoms with E-state index in [1.165, 1.54) is 6.07 Å². The van der Waals surface area contributed by atoms with E-state index in [0.717, 1.165) is 18.2 Å². The molecule has 0 saturated carbocycles. The Bertz CT molecular complexity index is 582. The van der Waals surface area contributed by atoms with Gasteiger partial charge in [-0.1, -0.05) is 6.07 Å². The highest BCUT2D eigenvalue weighted by Gasteiger charge is 2.31. The summed E-state index contributed by atoms with van der Waals surface area (Å²) in [7, 11) is 0. The SMILES string of the molecule is O=C(C[C@H](C(=O)[O-])[C@@H]1CCCO1)Nc1cccc(C(F)(F)F)c1. The lowest BCUT2D eigenvalue weighted by molar-refractivity contribution is -0.314. The van der Waals surface area contributed by atoms with Gasteiger partial charge in [0.2, 0.25) is 5.91 Å². The van der Waals surface area contributed by atoms with Gasteiger partial charge >= 0.3 is 6.18 Å². The summed E-state index contributed by atoms with van der Waals surface area (Å²) in [4.78, 5) is 23.0. The van der Waals surface area contributed by atoms with Crippen LogP contribution in [-0.2, 0) is 20.5 Å². The van der Waals surface area contributed by atoms with E-state index in [1.54, 1.807) is 0 Å². The molecule has 1 fully saturated rings. The van der Waals surface area contributed by atoms with Gasteiger partial charge in [-0.2, -0.15) is 13.2 Å². The molecule has 1 aromatic rings. The van der Waals surface area contributed by atoms with Gasteiger partial charge in [0.05, 0.1) is 11.7 Å². The third-order valence-corrected chi connectivity index (χ3v) is 3.60. The smallest absolute Gasteiger partial charge is 0.416 e. The van der Waals surface area contributed by atoms with Crippen molar-refractivity contribution in [3.05, 3.63) is 29.8 Å². The summed E-state index contributed by atoms with van der Waals surface area (Å²) in [5.41, 5.74) is -0.944. The predicted molar refractivity (Wildman–Crippen MR) is 72.2 cm³/mol. The van der Waals surface area contributed by atoms with Crippen LogP contribution in [0.2, 0.25) is 0 Å². The zero-order valence-electron chi connectivity index (χ0n) is 12.1. The Morgan fingerprint density at radius 3 is 2.70 bits per heavy atom. The second-order valence-electron chi connectivity index (χ2n) is 5.31. The first kappa shape index (κ1) is 17.3. The Kier molecular flexibility index (Phi) is 5.25. The van der Waals surface area contributed by atoms with Gasteiger partial charge in [0, 0.05) is 30.6 Å². The van der Waals surface area contributed by atoms with Gasteiger partial charge in [0.25, 0.3) is 0 Å². The lowest BCUT2D eigenvalue weighted by Crippen LogP contribution is -2.40. The molecule has 0 radical (unpaired) electrons. The van der Waals surface area contributed by atoms with Crippen LogP contribution in [0.15, 0.2) is 24.3 Å². The number of ether oxygens (including phenoxy) is 1. The number of benzene rings is 1. The van der Waals surface area contributed by atoms with E-state index < -0.39 is 42.1 Å². The molecular formula is C15H15F3NO4-. The van der Waals surface area contributed by atoms with Crippen molar-refractivity contribution in [3.63, 3.8) is 0 Å². The van der Waals surface area contributed by atoms with E-state index in [9.17, 15) is 27.9 Å². The van der Waals surface area contributed by atoms with Crippen molar-refractivity contribution in [1.29, 1.82) is 0 Å². The molecule has 8 heteroatoms. The number of carbonyl (C=O) groups excluding carboxylic acids is 2. The summed E-state index contributed by atoms with van der Waals surface area (Å²) in [5, 5.41) is 13.4. The molecule has 2 atom stereocenters. The molecule has 0 aliphatic carbocycles. The van der Waals surface area contributed by atoms with Gasteiger partial charge in [-0.15, -0.1) is 0 Å². The van der Waals surface area contributed by atoms with Crippen molar-refractivity contribution >= 4 is 17.6 Å². The number of hydrogen-bond donors (Lipinski definition) is 1. The maximum absolute atomic E-state index is 12.6. The molecule has 1 amide bonds. The molecule has 1 aromatic carbocycles. The standard InChI is InChI=1S/C15H16F3NO4/c16-15(17,18)9-3-1-4-10(7-9)19-13(20)8-11(14(21)22)12-5-2-6-23-12/h1,3-4,7,11-12H,2,5-6,8H2,(H,19,20)(H,21,22)/p-1/t11-,12-/m0/s1. The molecule has 1 heterocycles. The van der Waals surface area contributed by atoms with Gasteiger partial charge in [-0.25, -0.2) is 0 Å². The van der Waals surface area contributed by atoms with Gasteiger partial charge < -0.3 is 20.0 Å². The Hall–Kier alpha value is -2.09. The van der Waals surface area contributed by atoms with Crippen LogP contribution in [-0.4, -0.2) is 24.6 Å². The van der Waals surface area contributed by atoms with E-state index in [1.807, 2.05) is 0 Å². The molecule has 23 heavy (non-hydrogen) atoms. The van der Waals surface area contributed by atoms with E-state index in [-0.39, 0.29) is 5.69 Å². The van der Waals surface area contributed by atoms with Crippen LogP contribution in [0.25, 0.3) is 0 Å². The second kappa shape index (κ2) is 6.99. The van der Waals surface area contributed by atoms with Gasteiger partial charge in [0.15, 0.2) is 0 Å². The molecule has 0 spiro atoms. The van der Waals surface area contributed by atoms with Crippen LogP contribution in [0.5, 0.6) is 0 Å². The first-order valence-corrected chi connectivity index (χ1v) is 7.07. The van der Waals surface area contributed by atoms with Crippen LogP contribution in [0, 0.1) is 5.92 Å². The molecule has 1 aliphatic heterocycles. The molecular weight excluding hydrogens is 315 g/mol. The maximum atomic E-state index is 12.6. The largest absolute Gasteiger partial charge is 0.550 e. The molecule has 1 aliphatic rings. The highest BCUT2D eigenvalue weighted by Crippen LogP contribution is 2.31. The molecule has 1 saturated heterocycles. The molecule has 0 unspecified atom stereocenters. The topological polar surface area (TPSA) is 78.5 Å². The number of nitrogens with one attached hydrogen (secondary N) is 1. The summed E-state index contributed by atoms with van der Waals surface area (Å²) in [6.45, 7) is 0.420. The number of amides is 1. The molecule has 0 bridgehead atoms. The zero-order chi connectivity index (χ0) is 17.0. The van der Waals surface area contributed by atoms with Crippen LogP contribution in [0.3, 0.4) is 0 Å². The van der Waals surface area contributed by atoms with Crippen molar-refractivity contribution in [2.24, 2.45) is 5.92 Å².